The average Bonchev–Trinajstić information content (AvgIpc) is 3.54. The van der Waals surface area contributed by atoms with E-state index in [-0.39, 0.29) is 36.9 Å². The molecule has 1 aliphatic heterocycles. The summed E-state index contributed by atoms with van der Waals surface area (Å²) in [6.07, 6.45) is 1.47. The molecule has 192 valence electrons. The third kappa shape index (κ3) is 5.30. The second kappa shape index (κ2) is 11.0. The number of methoxy groups -OCH3 is 2. The number of fused-ring (bicyclic) bond motifs is 1. The lowest BCUT2D eigenvalue weighted by Gasteiger charge is -2.23. The summed E-state index contributed by atoms with van der Waals surface area (Å²) < 4.78 is 43.4. The van der Waals surface area contributed by atoms with Crippen LogP contribution in [0.5, 0.6) is 11.5 Å². The minimum absolute atomic E-state index is 0.00278. The molecular formula is C24H28N4O7S. The average molecular weight is 517 g/mol. The van der Waals surface area contributed by atoms with Crippen molar-refractivity contribution < 1.29 is 32.2 Å². The van der Waals surface area contributed by atoms with Gasteiger partial charge in [-0.2, -0.15) is 4.31 Å². The first-order valence-corrected chi connectivity index (χ1v) is 12.8. The molecule has 1 atom stereocenters. The molecule has 0 aliphatic carbocycles. The van der Waals surface area contributed by atoms with Gasteiger partial charge in [0.2, 0.25) is 10.0 Å². The molecule has 0 radical (unpaired) electrons. The number of carbonyl (C=O) groups is 2. The van der Waals surface area contributed by atoms with Crippen LogP contribution >= 0.6 is 0 Å². The molecule has 11 nitrogen and oxygen atoms in total. The zero-order valence-electron chi connectivity index (χ0n) is 19.9. The van der Waals surface area contributed by atoms with Crippen molar-refractivity contribution in [3.8, 4) is 11.5 Å². The van der Waals surface area contributed by atoms with Crippen LogP contribution in [0.3, 0.4) is 0 Å². The van der Waals surface area contributed by atoms with E-state index in [1.807, 2.05) is 30.5 Å². The lowest BCUT2D eigenvalue weighted by atomic mass is 10.1. The Morgan fingerprint density at radius 2 is 1.83 bits per heavy atom. The number of hydrogen-bond acceptors (Lipinski definition) is 7. The van der Waals surface area contributed by atoms with Crippen LogP contribution in [0.4, 0.5) is 0 Å². The van der Waals surface area contributed by atoms with E-state index < -0.39 is 28.1 Å². The fourth-order valence-corrected chi connectivity index (χ4v) is 5.57. The Kier molecular flexibility index (Phi) is 7.77. The number of rotatable bonds is 9. The third-order valence-corrected chi connectivity index (χ3v) is 7.79. The molecule has 2 heterocycles. The number of ether oxygens (including phenoxy) is 3. The zero-order chi connectivity index (χ0) is 25.7. The monoisotopic (exact) mass is 516 g/mol. The normalized spacial score (nSPS) is 16.1. The van der Waals surface area contributed by atoms with E-state index in [4.69, 9.17) is 14.2 Å². The summed E-state index contributed by atoms with van der Waals surface area (Å²) >= 11 is 0. The minimum atomic E-state index is -3.95. The number of hydrogen-bond donors (Lipinski definition) is 3. The van der Waals surface area contributed by atoms with Gasteiger partial charge in [0.05, 0.1) is 32.3 Å². The third-order valence-electron chi connectivity index (χ3n) is 5.90. The Hall–Kier alpha value is -3.61. The highest BCUT2D eigenvalue weighted by molar-refractivity contribution is 7.89. The number of amides is 2. The van der Waals surface area contributed by atoms with Gasteiger partial charge in [-0.3, -0.25) is 9.59 Å². The van der Waals surface area contributed by atoms with E-state index in [0.717, 1.165) is 20.8 Å². The molecule has 0 bridgehead atoms. The van der Waals surface area contributed by atoms with Crippen molar-refractivity contribution in [1.82, 2.24) is 19.9 Å². The van der Waals surface area contributed by atoms with Gasteiger partial charge < -0.3 is 29.8 Å². The van der Waals surface area contributed by atoms with Crippen LogP contribution in [0.1, 0.15) is 5.56 Å². The maximum Gasteiger partial charge on any atom is 0.309 e. The number of benzene rings is 2. The van der Waals surface area contributed by atoms with Crippen molar-refractivity contribution in [2.45, 2.75) is 17.5 Å². The van der Waals surface area contributed by atoms with E-state index in [1.165, 1.54) is 32.4 Å². The van der Waals surface area contributed by atoms with Crippen LogP contribution in [0.2, 0.25) is 0 Å². The topological polar surface area (TPSA) is 139 Å². The molecule has 36 heavy (non-hydrogen) atoms. The maximum absolute atomic E-state index is 13.2. The van der Waals surface area contributed by atoms with Crippen LogP contribution < -0.4 is 20.1 Å². The molecule has 2 amide bonds. The molecule has 1 fully saturated rings. The second-order valence-electron chi connectivity index (χ2n) is 8.03. The molecule has 4 rings (SSSR count). The molecule has 12 heteroatoms. The van der Waals surface area contributed by atoms with E-state index >= 15 is 0 Å². The second-order valence-corrected chi connectivity index (χ2v) is 9.92. The first kappa shape index (κ1) is 25.5. The van der Waals surface area contributed by atoms with Gasteiger partial charge in [-0.1, -0.05) is 18.2 Å². The Balaban J connectivity index is 1.31. The Bertz CT molecular complexity index is 1360. The van der Waals surface area contributed by atoms with Gasteiger partial charge in [-0.05, 0) is 30.2 Å². The Morgan fingerprint density at radius 3 is 2.61 bits per heavy atom. The number of nitrogens with one attached hydrogen (secondary N) is 3. The number of carbonyl (C=O) groups excluding carboxylic acids is 2. The van der Waals surface area contributed by atoms with Crippen molar-refractivity contribution in [1.29, 1.82) is 0 Å². The number of nitrogens with zero attached hydrogens (tertiary/aromatic N) is 1. The van der Waals surface area contributed by atoms with Crippen molar-refractivity contribution >= 4 is 32.7 Å². The summed E-state index contributed by atoms with van der Waals surface area (Å²) in [6.45, 7) is 0.354. The number of para-hydroxylation sites is 1. The van der Waals surface area contributed by atoms with Crippen LogP contribution in [-0.2, 0) is 30.8 Å². The highest BCUT2D eigenvalue weighted by Crippen LogP contribution is 2.31. The Labute approximate surface area is 208 Å². The first-order chi connectivity index (χ1) is 17.3. The summed E-state index contributed by atoms with van der Waals surface area (Å²) in [7, 11) is -1.08. The molecule has 0 saturated carbocycles. The van der Waals surface area contributed by atoms with Crippen molar-refractivity contribution in [2.24, 2.45) is 0 Å². The Morgan fingerprint density at radius 1 is 1.08 bits per heavy atom. The number of aromatic nitrogens is 1. The molecule has 2 aromatic carbocycles. The van der Waals surface area contributed by atoms with Gasteiger partial charge in [0, 0.05) is 36.3 Å². The van der Waals surface area contributed by atoms with Gasteiger partial charge in [0.1, 0.15) is 6.23 Å². The van der Waals surface area contributed by atoms with Crippen molar-refractivity contribution in [3.05, 3.63) is 54.2 Å². The fourth-order valence-electron chi connectivity index (χ4n) is 4.04. The first-order valence-electron chi connectivity index (χ1n) is 11.3. The number of sulfonamides is 1. The maximum atomic E-state index is 13.2. The minimum Gasteiger partial charge on any atom is -0.493 e. The largest absolute Gasteiger partial charge is 0.493 e. The highest BCUT2D eigenvalue weighted by Gasteiger charge is 2.37. The zero-order valence-corrected chi connectivity index (χ0v) is 20.8. The fraction of sp³-hybridized carbons (Fsp3) is 0.333. The van der Waals surface area contributed by atoms with E-state index in [9.17, 15) is 18.0 Å². The molecule has 3 N–H and O–H groups in total. The predicted molar refractivity (Wildman–Crippen MR) is 131 cm³/mol. The predicted octanol–water partition coefficient (Wildman–Crippen LogP) is 1.01. The highest BCUT2D eigenvalue weighted by atomic mass is 32.2. The molecule has 0 spiro atoms. The summed E-state index contributed by atoms with van der Waals surface area (Å²) in [4.78, 5) is 27.7. The van der Waals surface area contributed by atoms with Gasteiger partial charge in [-0.15, -0.1) is 0 Å². The van der Waals surface area contributed by atoms with Gasteiger partial charge >= 0.3 is 11.8 Å². The number of aromatic amines is 1. The van der Waals surface area contributed by atoms with Crippen LogP contribution in [0.25, 0.3) is 10.9 Å². The number of H-pyrrole nitrogens is 1. The van der Waals surface area contributed by atoms with Crippen LogP contribution in [0, 0.1) is 0 Å². The summed E-state index contributed by atoms with van der Waals surface area (Å²) in [6, 6.07) is 12.1. The summed E-state index contributed by atoms with van der Waals surface area (Å²) in [5.74, 6) is -1.00. The summed E-state index contributed by atoms with van der Waals surface area (Å²) in [5.41, 5.74) is 2.03. The molecule has 1 unspecified atom stereocenters. The quantitative estimate of drug-likeness (QED) is 0.361. The molecule has 1 aliphatic rings. The standard InChI is InChI=1S/C24H28N4O7S/c1-33-20-8-7-17(13-21(20)34-2)36(31,32)28-11-12-35-22(28)15-27-24(30)23(29)25-10-9-16-14-26-19-6-4-3-5-18(16)19/h3-8,13-14,22,26H,9-12,15H2,1-2H3,(H,25,29)(H,27,30). The smallest absolute Gasteiger partial charge is 0.309 e. The molecule has 3 aromatic rings. The van der Waals surface area contributed by atoms with E-state index in [2.05, 4.69) is 15.6 Å². The van der Waals surface area contributed by atoms with E-state index in [1.54, 1.807) is 0 Å². The van der Waals surface area contributed by atoms with Gasteiger partial charge in [0.15, 0.2) is 11.5 Å². The van der Waals surface area contributed by atoms with Crippen molar-refractivity contribution in [3.63, 3.8) is 0 Å². The molecular weight excluding hydrogens is 488 g/mol. The lowest BCUT2D eigenvalue weighted by molar-refractivity contribution is -0.139. The SMILES string of the molecule is COc1ccc(S(=O)(=O)N2CCOC2CNC(=O)C(=O)NCCc2c[nH]c3ccccc23)cc1OC. The lowest BCUT2D eigenvalue weighted by Crippen LogP contribution is -2.47. The van der Waals surface area contributed by atoms with Gasteiger partial charge in [0.25, 0.3) is 0 Å². The summed E-state index contributed by atoms with van der Waals surface area (Å²) in [5, 5.41) is 6.11. The molecule has 1 saturated heterocycles. The van der Waals surface area contributed by atoms with E-state index in [0.29, 0.717) is 12.2 Å². The van der Waals surface area contributed by atoms with Crippen LogP contribution in [0.15, 0.2) is 53.6 Å². The van der Waals surface area contributed by atoms with Crippen molar-refractivity contribution in [2.75, 3.05) is 40.5 Å². The van der Waals surface area contributed by atoms with Gasteiger partial charge in [-0.25, -0.2) is 8.42 Å². The van der Waals surface area contributed by atoms with Crippen LogP contribution in [-0.4, -0.2) is 76.2 Å². The molecule has 1 aromatic heterocycles.